The SMILES string of the molecule is COc1ccc(C(=O)OCC(=O)NC(C)c2ccccc2)c(O)c1. The summed E-state index contributed by atoms with van der Waals surface area (Å²) in [5.74, 6) is -1.05. The lowest BCUT2D eigenvalue weighted by Gasteiger charge is -2.14. The van der Waals surface area contributed by atoms with Crippen LogP contribution in [0.2, 0.25) is 0 Å². The van der Waals surface area contributed by atoms with Crippen LogP contribution in [0, 0.1) is 0 Å². The maximum atomic E-state index is 11.9. The van der Waals surface area contributed by atoms with Crippen LogP contribution < -0.4 is 10.1 Å². The van der Waals surface area contributed by atoms with Crippen LogP contribution in [0.25, 0.3) is 0 Å². The Kier molecular flexibility index (Phi) is 5.78. The van der Waals surface area contributed by atoms with E-state index in [1.165, 1.54) is 25.3 Å². The molecule has 2 aromatic carbocycles. The van der Waals surface area contributed by atoms with Gasteiger partial charge in [0.25, 0.3) is 5.91 Å². The summed E-state index contributed by atoms with van der Waals surface area (Å²) in [7, 11) is 1.45. The molecule has 126 valence electrons. The third kappa shape index (κ3) is 4.49. The number of nitrogens with one attached hydrogen (secondary N) is 1. The molecule has 0 fully saturated rings. The molecule has 1 unspecified atom stereocenters. The Hall–Kier alpha value is -3.02. The number of rotatable bonds is 6. The van der Waals surface area contributed by atoms with Crippen LogP contribution >= 0.6 is 0 Å². The Bertz CT molecular complexity index is 715. The number of benzene rings is 2. The molecule has 0 aliphatic carbocycles. The molecule has 2 rings (SSSR count). The smallest absolute Gasteiger partial charge is 0.342 e. The fraction of sp³-hybridized carbons (Fsp3) is 0.222. The van der Waals surface area contributed by atoms with Gasteiger partial charge in [0.05, 0.1) is 13.2 Å². The van der Waals surface area contributed by atoms with E-state index in [-0.39, 0.29) is 17.4 Å². The second-order valence-corrected chi connectivity index (χ2v) is 5.16. The number of aromatic hydroxyl groups is 1. The molecule has 0 bridgehead atoms. The second-order valence-electron chi connectivity index (χ2n) is 5.16. The molecule has 24 heavy (non-hydrogen) atoms. The van der Waals surface area contributed by atoms with E-state index in [4.69, 9.17) is 9.47 Å². The van der Waals surface area contributed by atoms with Crippen molar-refractivity contribution in [3.05, 3.63) is 59.7 Å². The fourth-order valence-corrected chi connectivity index (χ4v) is 2.13. The standard InChI is InChI=1S/C18H19NO5/c1-12(13-6-4-3-5-7-13)19-17(21)11-24-18(22)15-9-8-14(23-2)10-16(15)20/h3-10,12,20H,11H2,1-2H3,(H,19,21). The molecule has 0 heterocycles. The summed E-state index contributed by atoms with van der Waals surface area (Å²) < 4.78 is 9.87. The van der Waals surface area contributed by atoms with E-state index in [0.717, 1.165) is 5.56 Å². The molecule has 6 heteroatoms. The molecular formula is C18H19NO5. The van der Waals surface area contributed by atoms with Gasteiger partial charge in [0.1, 0.15) is 17.1 Å². The molecule has 0 aliphatic rings. The molecular weight excluding hydrogens is 310 g/mol. The topological polar surface area (TPSA) is 84.9 Å². The molecule has 0 spiro atoms. The van der Waals surface area contributed by atoms with Gasteiger partial charge in [-0.15, -0.1) is 0 Å². The van der Waals surface area contributed by atoms with Crippen LogP contribution in [0.5, 0.6) is 11.5 Å². The van der Waals surface area contributed by atoms with Gasteiger partial charge >= 0.3 is 5.97 Å². The van der Waals surface area contributed by atoms with Gasteiger partial charge in [0, 0.05) is 6.07 Å². The first-order chi connectivity index (χ1) is 11.5. The minimum atomic E-state index is -0.780. The van der Waals surface area contributed by atoms with E-state index in [1.807, 2.05) is 37.3 Å². The first-order valence-electron chi connectivity index (χ1n) is 7.39. The van der Waals surface area contributed by atoms with Gasteiger partial charge in [-0.25, -0.2) is 4.79 Å². The average molecular weight is 329 g/mol. The number of hydrogen-bond acceptors (Lipinski definition) is 5. The highest BCUT2D eigenvalue weighted by atomic mass is 16.5. The number of phenolic OH excluding ortho intramolecular Hbond substituents is 1. The highest BCUT2D eigenvalue weighted by molar-refractivity contribution is 5.94. The highest BCUT2D eigenvalue weighted by Crippen LogP contribution is 2.23. The molecule has 2 aromatic rings. The van der Waals surface area contributed by atoms with Gasteiger partial charge in [-0.3, -0.25) is 4.79 Å². The lowest BCUT2D eigenvalue weighted by Crippen LogP contribution is -2.31. The summed E-state index contributed by atoms with van der Waals surface area (Å²) in [5.41, 5.74) is 0.921. The number of carbonyl (C=O) groups is 2. The van der Waals surface area contributed by atoms with Crippen molar-refractivity contribution in [2.24, 2.45) is 0 Å². The average Bonchev–Trinajstić information content (AvgIpc) is 2.60. The van der Waals surface area contributed by atoms with Crippen LogP contribution in [-0.4, -0.2) is 30.7 Å². The van der Waals surface area contributed by atoms with Crippen molar-refractivity contribution in [1.82, 2.24) is 5.32 Å². The fourth-order valence-electron chi connectivity index (χ4n) is 2.13. The Morgan fingerprint density at radius 1 is 1.17 bits per heavy atom. The molecule has 1 atom stereocenters. The van der Waals surface area contributed by atoms with Crippen molar-refractivity contribution in [3.63, 3.8) is 0 Å². The van der Waals surface area contributed by atoms with Crippen LogP contribution in [0.1, 0.15) is 28.9 Å². The predicted molar refractivity (Wildman–Crippen MR) is 87.9 cm³/mol. The van der Waals surface area contributed by atoms with Crippen molar-refractivity contribution in [3.8, 4) is 11.5 Å². The summed E-state index contributed by atoms with van der Waals surface area (Å²) >= 11 is 0. The Labute approximate surface area is 140 Å². The molecule has 0 saturated carbocycles. The second kappa shape index (κ2) is 8.01. The summed E-state index contributed by atoms with van der Waals surface area (Å²) in [4.78, 5) is 23.8. The number of ether oxygens (including phenoxy) is 2. The molecule has 0 aromatic heterocycles. The molecule has 0 radical (unpaired) electrons. The van der Waals surface area contributed by atoms with Gasteiger partial charge in [-0.05, 0) is 24.6 Å². The van der Waals surface area contributed by atoms with Crippen LogP contribution in [0.15, 0.2) is 48.5 Å². The van der Waals surface area contributed by atoms with E-state index in [1.54, 1.807) is 0 Å². The maximum Gasteiger partial charge on any atom is 0.342 e. The first-order valence-corrected chi connectivity index (χ1v) is 7.39. The first kappa shape index (κ1) is 17.3. The van der Waals surface area contributed by atoms with Gasteiger partial charge < -0.3 is 19.9 Å². The number of methoxy groups -OCH3 is 1. The maximum absolute atomic E-state index is 11.9. The normalized spacial score (nSPS) is 11.4. The van der Waals surface area contributed by atoms with E-state index in [2.05, 4.69) is 5.32 Å². The zero-order valence-electron chi connectivity index (χ0n) is 13.5. The lowest BCUT2D eigenvalue weighted by atomic mass is 10.1. The minimum absolute atomic E-state index is 0.0280. The van der Waals surface area contributed by atoms with Crippen molar-refractivity contribution >= 4 is 11.9 Å². The Balaban J connectivity index is 1.88. The van der Waals surface area contributed by atoms with Crippen molar-refractivity contribution in [2.45, 2.75) is 13.0 Å². The molecule has 1 amide bonds. The summed E-state index contributed by atoms with van der Waals surface area (Å²) in [6, 6.07) is 13.4. The van der Waals surface area contributed by atoms with E-state index < -0.39 is 18.5 Å². The van der Waals surface area contributed by atoms with Crippen molar-refractivity contribution < 1.29 is 24.2 Å². The van der Waals surface area contributed by atoms with E-state index >= 15 is 0 Å². The molecule has 2 N–H and O–H groups in total. The van der Waals surface area contributed by atoms with Crippen LogP contribution in [0.4, 0.5) is 0 Å². The number of amides is 1. The molecule has 0 saturated heterocycles. The lowest BCUT2D eigenvalue weighted by molar-refractivity contribution is -0.124. The summed E-state index contributed by atoms with van der Waals surface area (Å²) in [5, 5.41) is 12.5. The number of phenols is 1. The van der Waals surface area contributed by atoms with Gasteiger partial charge in [-0.2, -0.15) is 0 Å². The van der Waals surface area contributed by atoms with Crippen LogP contribution in [-0.2, 0) is 9.53 Å². The third-order valence-electron chi connectivity index (χ3n) is 3.44. The van der Waals surface area contributed by atoms with Gasteiger partial charge in [0.2, 0.25) is 0 Å². The number of esters is 1. The number of carbonyl (C=O) groups excluding carboxylic acids is 2. The van der Waals surface area contributed by atoms with Crippen molar-refractivity contribution in [2.75, 3.05) is 13.7 Å². The van der Waals surface area contributed by atoms with Gasteiger partial charge in [0.15, 0.2) is 6.61 Å². The predicted octanol–water partition coefficient (Wildman–Crippen LogP) is 2.44. The molecule has 6 nitrogen and oxygen atoms in total. The van der Waals surface area contributed by atoms with Crippen molar-refractivity contribution in [1.29, 1.82) is 0 Å². The van der Waals surface area contributed by atoms with E-state index in [0.29, 0.717) is 5.75 Å². The zero-order valence-corrected chi connectivity index (χ0v) is 13.5. The van der Waals surface area contributed by atoms with Crippen LogP contribution in [0.3, 0.4) is 0 Å². The van der Waals surface area contributed by atoms with E-state index in [9.17, 15) is 14.7 Å². The Morgan fingerprint density at radius 3 is 2.50 bits per heavy atom. The minimum Gasteiger partial charge on any atom is -0.507 e. The molecule has 0 aliphatic heterocycles. The number of hydrogen-bond donors (Lipinski definition) is 2. The van der Waals surface area contributed by atoms with Gasteiger partial charge in [-0.1, -0.05) is 30.3 Å². The summed E-state index contributed by atoms with van der Waals surface area (Å²) in [6.45, 7) is 1.41. The highest BCUT2D eigenvalue weighted by Gasteiger charge is 2.16. The largest absolute Gasteiger partial charge is 0.507 e. The monoisotopic (exact) mass is 329 g/mol. The zero-order chi connectivity index (χ0) is 17.5. The quantitative estimate of drug-likeness (QED) is 0.795. The third-order valence-corrected chi connectivity index (χ3v) is 3.44. The summed E-state index contributed by atoms with van der Waals surface area (Å²) in [6.07, 6.45) is 0. The Morgan fingerprint density at radius 2 is 1.88 bits per heavy atom.